The first-order valence-electron chi connectivity index (χ1n) is 5.74. The zero-order valence-electron chi connectivity index (χ0n) is 9.91. The van der Waals surface area contributed by atoms with Gasteiger partial charge >= 0.3 is 0 Å². The molecule has 3 N–H and O–H groups in total. The molecule has 0 aliphatic carbocycles. The van der Waals surface area contributed by atoms with Crippen LogP contribution in [0.15, 0.2) is 54.9 Å². The topological polar surface area (TPSA) is 68.0 Å². The summed E-state index contributed by atoms with van der Waals surface area (Å²) in [6.07, 6.45) is 3.39. The molecule has 0 fully saturated rings. The van der Waals surface area contributed by atoms with Crippen LogP contribution in [0.2, 0.25) is 0 Å². The lowest BCUT2D eigenvalue weighted by atomic mass is 10.1. The van der Waals surface area contributed by atoms with E-state index in [-0.39, 0.29) is 5.91 Å². The Bertz CT molecular complexity index is 499. The van der Waals surface area contributed by atoms with Crippen molar-refractivity contribution in [2.45, 2.75) is 12.6 Å². The summed E-state index contributed by atoms with van der Waals surface area (Å²) < 4.78 is 0. The lowest BCUT2D eigenvalue weighted by Crippen LogP contribution is -2.33. The second-order valence-electron chi connectivity index (χ2n) is 3.96. The molecule has 18 heavy (non-hydrogen) atoms. The molecule has 2 aromatic rings. The number of carbonyl (C=O) groups excluding carboxylic acids is 1. The number of pyridine rings is 1. The first kappa shape index (κ1) is 12.3. The van der Waals surface area contributed by atoms with Crippen LogP contribution >= 0.6 is 0 Å². The highest BCUT2D eigenvalue weighted by Crippen LogP contribution is 2.09. The van der Waals surface area contributed by atoms with Gasteiger partial charge in [-0.3, -0.25) is 9.78 Å². The normalized spacial score (nSPS) is 11.8. The van der Waals surface area contributed by atoms with Crippen molar-refractivity contribution in [1.29, 1.82) is 0 Å². The summed E-state index contributed by atoms with van der Waals surface area (Å²) in [5.41, 5.74) is 7.69. The molecule has 0 bridgehead atoms. The minimum absolute atomic E-state index is 0.182. The van der Waals surface area contributed by atoms with Gasteiger partial charge in [0, 0.05) is 18.9 Å². The molecule has 1 atom stereocenters. The molecule has 0 aliphatic heterocycles. The van der Waals surface area contributed by atoms with E-state index >= 15 is 0 Å². The van der Waals surface area contributed by atoms with Crippen molar-refractivity contribution in [3.63, 3.8) is 0 Å². The Balaban J connectivity index is 1.93. The molecule has 4 nitrogen and oxygen atoms in total. The van der Waals surface area contributed by atoms with Gasteiger partial charge in [0.1, 0.15) is 6.04 Å². The quantitative estimate of drug-likeness (QED) is 0.850. The molecule has 0 unspecified atom stereocenters. The van der Waals surface area contributed by atoms with Crippen molar-refractivity contribution in [2.75, 3.05) is 0 Å². The first-order chi connectivity index (χ1) is 8.77. The number of aromatic nitrogens is 1. The van der Waals surface area contributed by atoms with Crippen LogP contribution in [0, 0.1) is 0 Å². The van der Waals surface area contributed by atoms with Gasteiger partial charge in [-0.05, 0) is 23.3 Å². The predicted octanol–water partition coefficient (Wildman–Crippen LogP) is 1.40. The summed E-state index contributed by atoms with van der Waals surface area (Å²) in [5, 5.41) is 2.81. The van der Waals surface area contributed by atoms with Crippen molar-refractivity contribution < 1.29 is 4.79 Å². The third-order valence-electron chi connectivity index (χ3n) is 2.66. The lowest BCUT2D eigenvalue weighted by Gasteiger charge is -2.12. The fourth-order valence-electron chi connectivity index (χ4n) is 1.61. The summed E-state index contributed by atoms with van der Waals surface area (Å²) in [6, 6.07) is 12.4. The lowest BCUT2D eigenvalue weighted by molar-refractivity contribution is -0.122. The predicted molar refractivity (Wildman–Crippen MR) is 69.5 cm³/mol. The van der Waals surface area contributed by atoms with E-state index in [0.717, 1.165) is 11.1 Å². The molecule has 0 saturated heterocycles. The van der Waals surface area contributed by atoms with Gasteiger partial charge in [0.2, 0.25) is 5.91 Å². The highest BCUT2D eigenvalue weighted by Gasteiger charge is 2.14. The Morgan fingerprint density at radius 3 is 2.50 bits per heavy atom. The fourth-order valence-corrected chi connectivity index (χ4v) is 1.61. The summed E-state index contributed by atoms with van der Waals surface area (Å²) in [6.45, 7) is 0.460. The maximum atomic E-state index is 11.9. The Morgan fingerprint density at radius 2 is 1.83 bits per heavy atom. The molecule has 1 aromatic carbocycles. The molecule has 1 aromatic heterocycles. The van der Waals surface area contributed by atoms with Crippen LogP contribution < -0.4 is 11.1 Å². The summed E-state index contributed by atoms with van der Waals surface area (Å²) >= 11 is 0. The molecule has 1 heterocycles. The van der Waals surface area contributed by atoms with Gasteiger partial charge in [-0.15, -0.1) is 0 Å². The third kappa shape index (κ3) is 3.15. The number of carbonyl (C=O) groups is 1. The second kappa shape index (κ2) is 5.93. The van der Waals surface area contributed by atoms with Gasteiger partial charge in [-0.25, -0.2) is 0 Å². The number of nitrogens with two attached hydrogens (primary N) is 1. The monoisotopic (exact) mass is 241 g/mol. The number of nitrogens with zero attached hydrogens (tertiary/aromatic N) is 1. The molecule has 4 heteroatoms. The maximum absolute atomic E-state index is 11.9. The fraction of sp³-hybridized carbons (Fsp3) is 0.143. The molecule has 0 radical (unpaired) electrons. The molecule has 1 amide bonds. The standard InChI is InChI=1S/C14H15N3O/c15-13(12-4-2-1-3-5-12)14(18)17-10-11-6-8-16-9-7-11/h1-9,13H,10,15H2,(H,17,18)/t13-/m1/s1. The zero-order valence-corrected chi connectivity index (χ0v) is 9.91. The highest BCUT2D eigenvalue weighted by molar-refractivity contribution is 5.82. The Labute approximate surface area is 106 Å². The van der Waals surface area contributed by atoms with Gasteiger partial charge < -0.3 is 11.1 Å². The van der Waals surface area contributed by atoms with Crippen LogP contribution in [0.4, 0.5) is 0 Å². The summed E-state index contributed by atoms with van der Waals surface area (Å²) in [5.74, 6) is -0.182. The number of benzene rings is 1. The van der Waals surface area contributed by atoms with E-state index in [4.69, 9.17) is 5.73 Å². The van der Waals surface area contributed by atoms with E-state index in [1.807, 2.05) is 42.5 Å². The zero-order chi connectivity index (χ0) is 12.8. The molecule has 92 valence electrons. The largest absolute Gasteiger partial charge is 0.350 e. The van der Waals surface area contributed by atoms with Crippen LogP contribution in [-0.2, 0) is 11.3 Å². The Hall–Kier alpha value is -2.20. The van der Waals surface area contributed by atoms with Crippen molar-refractivity contribution in [3.8, 4) is 0 Å². The average molecular weight is 241 g/mol. The van der Waals surface area contributed by atoms with Crippen LogP contribution in [0.1, 0.15) is 17.2 Å². The minimum Gasteiger partial charge on any atom is -0.350 e. The van der Waals surface area contributed by atoms with E-state index in [0.29, 0.717) is 6.54 Å². The summed E-state index contributed by atoms with van der Waals surface area (Å²) in [4.78, 5) is 15.8. The van der Waals surface area contributed by atoms with Crippen LogP contribution in [0.25, 0.3) is 0 Å². The van der Waals surface area contributed by atoms with Gasteiger partial charge in [0.25, 0.3) is 0 Å². The van der Waals surface area contributed by atoms with Gasteiger partial charge in [0.05, 0.1) is 0 Å². The Morgan fingerprint density at radius 1 is 1.17 bits per heavy atom. The highest BCUT2D eigenvalue weighted by atomic mass is 16.2. The minimum atomic E-state index is -0.631. The molecule has 0 saturated carbocycles. The first-order valence-corrected chi connectivity index (χ1v) is 5.74. The van der Waals surface area contributed by atoms with Crippen LogP contribution in [0.5, 0.6) is 0 Å². The third-order valence-corrected chi connectivity index (χ3v) is 2.66. The SMILES string of the molecule is N[C@@H](C(=O)NCc1ccncc1)c1ccccc1. The molecule has 2 rings (SSSR count). The van der Waals surface area contributed by atoms with E-state index in [1.54, 1.807) is 12.4 Å². The molecular weight excluding hydrogens is 226 g/mol. The van der Waals surface area contributed by atoms with Crippen molar-refractivity contribution in [3.05, 3.63) is 66.0 Å². The smallest absolute Gasteiger partial charge is 0.241 e. The van der Waals surface area contributed by atoms with E-state index < -0.39 is 6.04 Å². The van der Waals surface area contributed by atoms with Crippen LogP contribution in [0.3, 0.4) is 0 Å². The molecule has 0 spiro atoms. The Kier molecular flexibility index (Phi) is 4.04. The number of hydrogen-bond acceptors (Lipinski definition) is 3. The van der Waals surface area contributed by atoms with E-state index in [9.17, 15) is 4.79 Å². The van der Waals surface area contributed by atoms with Gasteiger partial charge in [-0.1, -0.05) is 30.3 Å². The number of hydrogen-bond donors (Lipinski definition) is 2. The van der Waals surface area contributed by atoms with Crippen molar-refractivity contribution in [1.82, 2.24) is 10.3 Å². The average Bonchev–Trinajstić information content (AvgIpc) is 2.46. The molecular formula is C14H15N3O. The number of rotatable bonds is 4. The van der Waals surface area contributed by atoms with E-state index in [1.165, 1.54) is 0 Å². The second-order valence-corrected chi connectivity index (χ2v) is 3.96. The maximum Gasteiger partial charge on any atom is 0.241 e. The van der Waals surface area contributed by atoms with Crippen molar-refractivity contribution >= 4 is 5.91 Å². The van der Waals surface area contributed by atoms with Crippen LogP contribution in [-0.4, -0.2) is 10.9 Å². The van der Waals surface area contributed by atoms with Crippen molar-refractivity contribution in [2.24, 2.45) is 5.73 Å². The van der Waals surface area contributed by atoms with Gasteiger partial charge in [-0.2, -0.15) is 0 Å². The molecule has 0 aliphatic rings. The summed E-state index contributed by atoms with van der Waals surface area (Å²) in [7, 11) is 0. The van der Waals surface area contributed by atoms with Gasteiger partial charge in [0.15, 0.2) is 0 Å². The van der Waals surface area contributed by atoms with E-state index in [2.05, 4.69) is 10.3 Å². The number of amides is 1. The number of nitrogens with one attached hydrogen (secondary N) is 1.